The fourth-order valence-electron chi connectivity index (χ4n) is 2.27. The van der Waals surface area contributed by atoms with Gasteiger partial charge in [-0.05, 0) is 50.2 Å². The molecule has 0 saturated carbocycles. The smallest absolute Gasteiger partial charge is 0.416 e. The maximum atomic E-state index is 12.8. The minimum atomic E-state index is -4.47. The van der Waals surface area contributed by atoms with Gasteiger partial charge in [-0.3, -0.25) is 4.79 Å². The van der Waals surface area contributed by atoms with E-state index in [4.69, 9.17) is 9.47 Å². The number of hydrogen-bond acceptors (Lipinski definition) is 3. The van der Waals surface area contributed by atoms with Crippen LogP contribution in [0.15, 0.2) is 42.5 Å². The lowest BCUT2D eigenvalue weighted by molar-refractivity contribution is -0.137. The lowest BCUT2D eigenvalue weighted by Crippen LogP contribution is -2.14. The molecule has 0 atom stereocenters. The van der Waals surface area contributed by atoms with Crippen LogP contribution in [0.4, 0.5) is 18.9 Å². The first-order valence-electron chi connectivity index (χ1n) is 7.98. The molecular formula is C19H20F3NO3. The molecule has 0 bridgehead atoms. The summed E-state index contributed by atoms with van der Waals surface area (Å²) in [5, 5.41) is 2.48. The Bertz CT molecular complexity index is 773. The molecule has 2 rings (SSSR count). The minimum Gasteiger partial charge on any atom is -0.496 e. The summed E-state index contributed by atoms with van der Waals surface area (Å²) in [6.45, 7) is 4.03. The molecule has 0 spiro atoms. The number of carbonyl (C=O) groups is 1. The monoisotopic (exact) mass is 367 g/mol. The summed E-state index contributed by atoms with van der Waals surface area (Å²) in [4.78, 5) is 12.4. The number of rotatable bonds is 6. The van der Waals surface area contributed by atoms with Gasteiger partial charge < -0.3 is 14.8 Å². The Balaban J connectivity index is 2.20. The van der Waals surface area contributed by atoms with Gasteiger partial charge in [-0.25, -0.2) is 0 Å². The number of amides is 1. The highest BCUT2D eigenvalue weighted by Gasteiger charge is 2.30. The van der Waals surface area contributed by atoms with Crippen LogP contribution in [-0.2, 0) is 17.5 Å². The highest BCUT2D eigenvalue weighted by molar-refractivity contribution is 6.04. The van der Waals surface area contributed by atoms with Crippen LogP contribution in [0.1, 0.15) is 35.3 Å². The molecule has 26 heavy (non-hydrogen) atoms. The van der Waals surface area contributed by atoms with Crippen LogP contribution in [0.5, 0.6) is 5.75 Å². The van der Waals surface area contributed by atoms with Crippen molar-refractivity contribution in [3.05, 3.63) is 59.2 Å². The number of hydrogen-bond donors (Lipinski definition) is 1. The molecule has 0 aromatic heterocycles. The van der Waals surface area contributed by atoms with Gasteiger partial charge in [0.05, 0.1) is 25.4 Å². The Morgan fingerprint density at radius 3 is 2.50 bits per heavy atom. The Labute approximate surface area is 149 Å². The molecule has 4 nitrogen and oxygen atoms in total. The van der Waals surface area contributed by atoms with E-state index >= 15 is 0 Å². The second kappa shape index (κ2) is 8.23. The van der Waals surface area contributed by atoms with E-state index in [1.54, 1.807) is 18.2 Å². The summed E-state index contributed by atoms with van der Waals surface area (Å²) in [6, 6.07) is 9.26. The lowest BCUT2D eigenvalue weighted by Gasteiger charge is -2.13. The van der Waals surface area contributed by atoms with Gasteiger partial charge in [0.1, 0.15) is 5.75 Å². The molecule has 0 radical (unpaired) electrons. The number of carbonyl (C=O) groups excluding carboxylic acids is 1. The van der Waals surface area contributed by atoms with Crippen LogP contribution in [-0.4, -0.2) is 19.1 Å². The van der Waals surface area contributed by atoms with Crippen molar-refractivity contribution in [1.82, 2.24) is 0 Å². The van der Waals surface area contributed by atoms with Crippen LogP contribution < -0.4 is 10.1 Å². The van der Waals surface area contributed by atoms with E-state index in [-0.39, 0.29) is 18.4 Å². The van der Waals surface area contributed by atoms with Gasteiger partial charge in [-0.15, -0.1) is 0 Å². The van der Waals surface area contributed by atoms with Crippen LogP contribution in [0.2, 0.25) is 0 Å². The van der Waals surface area contributed by atoms with Gasteiger partial charge in [0, 0.05) is 16.8 Å². The third-order valence-electron chi connectivity index (χ3n) is 3.56. The average Bonchev–Trinajstić information content (AvgIpc) is 2.59. The third kappa shape index (κ3) is 5.23. The van der Waals surface area contributed by atoms with Crippen molar-refractivity contribution < 1.29 is 27.4 Å². The first kappa shape index (κ1) is 19.8. The third-order valence-corrected chi connectivity index (χ3v) is 3.56. The molecule has 140 valence electrons. The quantitative estimate of drug-likeness (QED) is 0.791. The molecule has 0 unspecified atom stereocenters. The number of halogens is 3. The Morgan fingerprint density at radius 1 is 1.15 bits per heavy atom. The number of methoxy groups -OCH3 is 1. The van der Waals surface area contributed by atoms with E-state index < -0.39 is 17.6 Å². The first-order valence-corrected chi connectivity index (χ1v) is 7.98. The second-order valence-electron chi connectivity index (χ2n) is 5.92. The van der Waals surface area contributed by atoms with E-state index in [2.05, 4.69) is 5.32 Å². The van der Waals surface area contributed by atoms with Crippen molar-refractivity contribution in [1.29, 1.82) is 0 Å². The highest BCUT2D eigenvalue weighted by Crippen LogP contribution is 2.31. The van der Waals surface area contributed by atoms with Gasteiger partial charge in [0.25, 0.3) is 5.91 Å². The van der Waals surface area contributed by atoms with Crippen molar-refractivity contribution in [3.8, 4) is 5.75 Å². The molecule has 1 amide bonds. The molecule has 1 N–H and O–H groups in total. The van der Waals surface area contributed by atoms with E-state index in [1.807, 2.05) is 13.8 Å². The van der Waals surface area contributed by atoms with Crippen molar-refractivity contribution in [2.75, 3.05) is 12.4 Å². The lowest BCUT2D eigenvalue weighted by atomic mass is 10.1. The zero-order chi connectivity index (χ0) is 19.3. The molecule has 0 saturated heterocycles. The predicted octanol–water partition coefficient (Wildman–Crippen LogP) is 4.89. The van der Waals surface area contributed by atoms with Crippen LogP contribution in [0.3, 0.4) is 0 Å². The zero-order valence-corrected chi connectivity index (χ0v) is 14.7. The number of nitrogens with one attached hydrogen (secondary N) is 1. The molecule has 2 aromatic carbocycles. The van der Waals surface area contributed by atoms with E-state index in [0.29, 0.717) is 16.9 Å². The molecule has 0 aliphatic heterocycles. The molecule has 0 fully saturated rings. The fourth-order valence-corrected chi connectivity index (χ4v) is 2.27. The molecule has 2 aromatic rings. The maximum absolute atomic E-state index is 12.8. The summed E-state index contributed by atoms with van der Waals surface area (Å²) in [5.41, 5.74) is 0.222. The zero-order valence-electron chi connectivity index (χ0n) is 14.7. The summed E-state index contributed by atoms with van der Waals surface area (Å²) in [6.07, 6.45) is -4.47. The molecule has 0 heterocycles. The van der Waals surface area contributed by atoms with Gasteiger partial charge in [-0.2, -0.15) is 13.2 Å². The molecule has 0 aliphatic rings. The molecule has 7 heteroatoms. The normalized spacial score (nSPS) is 11.5. The Kier molecular flexibility index (Phi) is 6.26. The standard InChI is InChI=1S/C19H20F3NO3/c1-12(2)26-11-14-9-13(7-8-17(14)25-3)18(24)23-16-6-4-5-15(10-16)19(20,21)22/h4-10,12H,11H2,1-3H3,(H,23,24). The summed E-state index contributed by atoms with van der Waals surface area (Å²) < 4.78 is 49.1. The van der Waals surface area contributed by atoms with Crippen LogP contribution in [0.25, 0.3) is 0 Å². The second-order valence-corrected chi connectivity index (χ2v) is 5.92. The topological polar surface area (TPSA) is 47.6 Å². The minimum absolute atomic E-state index is 0.00213. The molecular weight excluding hydrogens is 347 g/mol. The van der Waals surface area contributed by atoms with Crippen molar-refractivity contribution in [2.24, 2.45) is 0 Å². The van der Waals surface area contributed by atoms with Gasteiger partial charge in [0.15, 0.2) is 0 Å². The summed E-state index contributed by atoms with van der Waals surface area (Å²) in [7, 11) is 1.51. The largest absolute Gasteiger partial charge is 0.496 e. The fraction of sp³-hybridized carbons (Fsp3) is 0.316. The van der Waals surface area contributed by atoms with Crippen molar-refractivity contribution in [2.45, 2.75) is 32.7 Å². The van der Waals surface area contributed by atoms with Gasteiger partial charge >= 0.3 is 6.18 Å². The Morgan fingerprint density at radius 2 is 1.88 bits per heavy atom. The number of ether oxygens (including phenoxy) is 2. The SMILES string of the molecule is COc1ccc(C(=O)Nc2cccc(C(F)(F)F)c2)cc1COC(C)C. The highest BCUT2D eigenvalue weighted by atomic mass is 19.4. The number of alkyl halides is 3. The Hall–Kier alpha value is -2.54. The van der Waals surface area contributed by atoms with Crippen molar-refractivity contribution in [3.63, 3.8) is 0 Å². The van der Waals surface area contributed by atoms with Crippen LogP contribution >= 0.6 is 0 Å². The van der Waals surface area contributed by atoms with Gasteiger partial charge in [0.2, 0.25) is 0 Å². The predicted molar refractivity (Wildman–Crippen MR) is 92.3 cm³/mol. The van der Waals surface area contributed by atoms with E-state index in [1.165, 1.54) is 19.2 Å². The van der Waals surface area contributed by atoms with Crippen LogP contribution in [0, 0.1) is 0 Å². The average molecular weight is 367 g/mol. The number of benzene rings is 2. The van der Waals surface area contributed by atoms with Crippen molar-refractivity contribution >= 4 is 11.6 Å². The molecule has 0 aliphatic carbocycles. The number of anilines is 1. The summed E-state index contributed by atoms with van der Waals surface area (Å²) >= 11 is 0. The first-order chi connectivity index (χ1) is 12.2. The van der Waals surface area contributed by atoms with Gasteiger partial charge in [-0.1, -0.05) is 6.07 Å². The maximum Gasteiger partial charge on any atom is 0.416 e. The van der Waals surface area contributed by atoms with E-state index in [9.17, 15) is 18.0 Å². The van der Waals surface area contributed by atoms with E-state index in [0.717, 1.165) is 12.1 Å². The summed E-state index contributed by atoms with van der Waals surface area (Å²) in [5.74, 6) is 0.0547.